The van der Waals surface area contributed by atoms with E-state index >= 15 is 0 Å². The molecule has 0 saturated heterocycles. The molecule has 2 aromatic rings. The van der Waals surface area contributed by atoms with Gasteiger partial charge in [-0.05, 0) is 18.1 Å². The van der Waals surface area contributed by atoms with E-state index in [0.29, 0.717) is 29.5 Å². The molecule has 2 rings (SSSR count). The van der Waals surface area contributed by atoms with Gasteiger partial charge in [-0.15, -0.1) is 0 Å². The van der Waals surface area contributed by atoms with E-state index in [1.54, 1.807) is 22.8 Å². The van der Waals surface area contributed by atoms with E-state index in [2.05, 4.69) is 27.2 Å². The quantitative estimate of drug-likeness (QED) is 0.655. The number of halogens is 1. The molecule has 2 heterocycles. The molecule has 18 heavy (non-hydrogen) atoms. The van der Waals surface area contributed by atoms with E-state index in [1.807, 2.05) is 0 Å². The van der Waals surface area contributed by atoms with Crippen LogP contribution in [0.1, 0.15) is 19.0 Å². The highest BCUT2D eigenvalue weighted by atomic mass is 35.5. The summed E-state index contributed by atoms with van der Waals surface area (Å²) in [7, 11) is 0. The van der Waals surface area contributed by atoms with E-state index in [0.717, 1.165) is 0 Å². The zero-order chi connectivity index (χ0) is 13.0. The van der Waals surface area contributed by atoms with E-state index < -0.39 is 0 Å². The van der Waals surface area contributed by atoms with E-state index in [-0.39, 0.29) is 5.91 Å². The fourth-order valence-corrected chi connectivity index (χ4v) is 1.53. The summed E-state index contributed by atoms with van der Waals surface area (Å²) in [6.07, 6.45) is 2.22. The van der Waals surface area contributed by atoms with Gasteiger partial charge in [0.15, 0.2) is 5.65 Å². The highest BCUT2D eigenvalue weighted by molar-refractivity contribution is 6.29. The molecule has 0 aliphatic rings. The fraction of sp³-hybridized carbons (Fsp3) is 0.250. The summed E-state index contributed by atoms with van der Waals surface area (Å²) >= 11 is 5.81. The highest BCUT2D eigenvalue weighted by Crippen LogP contribution is 2.08. The summed E-state index contributed by atoms with van der Waals surface area (Å²) in [5, 5.41) is 7.17. The van der Waals surface area contributed by atoms with Gasteiger partial charge < -0.3 is 5.32 Å². The Morgan fingerprint density at radius 1 is 1.56 bits per heavy atom. The Balaban J connectivity index is 2.10. The Labute approximate surface area is 109 Å². The van der Waals surface area contributed by atoms with Gasteiger partial charge in [0.2, 0.25) is 5.91 Å². The lowest BCUT2D eigenvalue weighted by molar-refractivity contribution is -0.118. The van der Waals surface area contributed by atoms with Crippen LogP contribution in [0.4, 0.5) is 0 Å². The summed E-state index contributed by atoms with van der Waals surface area (Å²) in [6.45, 7) is 2.01. The predicted octanol–water partition coefficient (Wildman–Crippen LogP) is 1.26. The fourth-order valence-electron chi connectivity index (χ4n) is 1.39. The maximum atomic E-state index is 10.6. The molecule has 2 aromatic heterocycles. The smallest absolute Gasteiger partial charge is 0.216 e. The molecule has 0 spiro atoms. The average Bonchev–Trinajstić information content (AvgIpc) is 2.71. The summed E-state index contributed by atoms with van der Waals surface area (Å²) in [6, 6.07) is 3.45. The van der Waals surface area contributed by atoms with Crippen molar-refractivity contribution in [3.8, 4) is 11.8 Å². The molecule has 0 aliphatic carbocycles. The van der Waals surface area contributed by atoms with Gasteiger partial charge in [-0.1, -0.05) is 17.5 Å². The van der Waals surface area contributed by atoms with Crippen LogP contribution in [-0.4, -0.2) is 27.0 Å². The third kappa shape index (κ3) is 2.99. The molecular formula is C12H11ClN4O. The molecule has 0 aliphatic heterocycles. The van der Waals surface area contributed by atoms with Gasteiger partial charge in [0.05, 0.1) is 6.20 Å². The molecule has 5 nitrogen and oxygen atoms in total. The van der Waals surface area contributed by atoms with Gasteiger partial charge in [0.1, 0.15) is 10.8 Å². The second kappa shape index (κ2) is 5.52. The van der Waals surface area contributed by atoms with Gasteiger partial charge >= 0.3 is 0 Å². The predicted molar refractivity (Wildman–Crippen MR) is 68.2 cm³/mol. The first-order chi connectivity index (χ1) is 8.66. The van der Waals surface area contributed by atoms with Crippen LogP contribution in [-0.2, 0) is 4.79 Å². The van der Waals surface area contributed by atoms with Crippen molar-refractivity contribution in [1.29, 1.82) is 0 Å². The monoisotopic (exact) mass is 262 g/mol. The highest BCUT2D eigenvalue weighted by Gasteiger charge is 2.01. The number of amides is 1. The number of nitrogens with one attached hydrogen (secondary N) is 1. The van der Waals surface area contributed by atoms with Gasteiger partial charge in [-0.25, -0.2) is 9.50 Å². The van der Waals surface area contributed by atoms with Crippen LogP contribution in [0, 0.1) is 11.8 Å². The Morgan fingerprint density at radius 3 is 3.17 bits per heavy atom. The van der Waals surface area contributed by atoms with Crippen LogP contribution < -0.4 is 5.32 Å². The topological polar surface area (TPSA) is 59.3 Å². The van der Waals surface area contributed by atoms with Crippen molar-refractivity contribution >= 4 is 23.2 Å². The normalized spacial score (nSPS) is 9.89. The lowest BCUT2D eigenvalue weighted by Crippen LogP contribution is -2.20. The molecule has 0 bridgehead atoms. The minimum Gasteiger partial charge on any atom is -0.355 e. The van der Waals surface area contributed by atoms with Crippen molar-refractivity contribution in [2.75, 3.05) is 6.54 Å². The number of imidazole rings is 1. The lowest BCUT2D eigenvalue weighted by Gasteiger charge is -1.95. The summed E-state index contributed by atoms with van der Waals surface area (Å²) < 4.78 is 1.59. The number of carbonyl (C=O) groups is 1. The Kier molecular flexibility index (Phi) is 3.80. The SMILES string of the molecule is CC(=O)NCCC#Cc1cnc2ccc(Cl)nn12. The molecule has 0 radical (unpaired) electrons. The van der Waals surface area contributed by atoms with Crippen LogP contribution in [0.2, 0.25) is 5.15 Å². The number of hydrogen-bond donors (Lipinski definition) is 1. The van der Waals surface area contributed by atoms with Crippen molar-refractivity contribution in [2.24, 2.45) is 0 Å². The number of nitrogens with zero attached hydrogens (tertiary/aromatic N) is 3. The molecule has 0 aromatic carbocycles. The molecular weight excluding hydrogens is 252 g/mol. The zero-order valence-corrected chi connectivity index (χ0v) is 10.5. The number of carbonyl (C=O) groups excluding carboxylic acids is 1. The largest absolute Gasteiger partial charge is 0.355 e. The van der Waals surface area contributed by atoms with Crippen molar-refractivity contribution in [3.05, 3.63) is 29.2 Å². The Bertz CT molecular complexity index is 638. The van der Waals surface area contributed by atoms with Crippen molar-refractivity contribution in [3.63, 3.8) is 0 Å². The maximum Gasteiger partial charge on any atom is 0.216 e. The number of aromatic nitrogens is 3. The first-order valence-corrected chi connectivity index (χ1v) is 5.78. The van der Waals surface area contributed by atoms with Gasteiger partial charge in [0.25, 0.3) is 0 Å². The third-order valence-corrected chi connectivity index (χ3v) is 2.37. The summed E-state index contributed by atoms with van der Waals surface area (Å²) in [5.41, 5.74) is 1.38. The van der Waals surface area contributed by atoms with Crippen LogP contribution in [0.5, 0.6) is 0 Å². The van der Waals surface area contributed by atoms with Crippen LogP contribution in [0.15, 0.2) is 18.3 Å². The van der Waals surface area contributed by atoms with Crippen LogP contribution in [0.3, 0.4) is 0 Å². The zero-order valence-electron chi connectivity index (χ0n) is 9.77. The van der Waals surface area contributed by atoms with Crippen molar-refractivity contribution in [1.82, 2.24) is 19.9 Å². The molecule has 92 valence electrons. The van der Waals surface area contributed by atoms with Crippen LogP contribution >= 0.6 is 11.6 Å². The second-order valence-corrected chi connectivity index (χ2v) is 3.99. The second-order valence-electron chi connectivity index (χ2n) is 3.60. The van der Waals surface area contributed by atoms with E-state index in [1.165, 1.54) is 6.92 Å². The summed E-state index contributed by atoms with van der Waals surface area (Å²) in [4.78, 5) is 14.8. The number of fused-ring (bicyclic) bond motifs is 1. The molecule has 0 saturated carbocycles. The van der Waals surface area contributed by atoms with Gasteiger partial charge in [0, 0.05) is 19.9 Å². The first kappa shape index (κ1) is 12.4. The van der Waals surface area contributed by atoms with Crippen LogP contribution in [0.25, 0.3) is 5.65 Å². The molecule has 0 atom stereocenters. The third-order valence-electron chi connectivity index (χ3n) is 2.17. The first-order valence-electron chi connectivity index (χ1n) is 5.40. The molecule has 1 N–H and O–H groups in total. The Morgan fingerprint density at radius 2 is 2.39 bits per heavy atom. The maximum absolute atomic E-state index is 10.6. The molecule has 1 amide bonds. The number of rotatable bonds is 2. The van der Waals surface area contributed by atoms with Crippen molar-refractivity contribution < 1.29 is 4.79 Å². The van der Waals surface area contributed by atoms with E-state index in [9.17, 15) is 4.79 Å². The summed E-state index contributed by atoms with van der Waals surface area (Å²) in [5.74, 6) is 5.84. The van der Waals surface area contributed by atoms with Gasteiger partial charge in [-0.3, -0.25) is 4.79 Å². The molecule has 0 unspecified atom stereocenters. The lowest BCUT2D eigenvalue weighted by atomic mass is 10.4. The average molecular weight is 263 g/mol. The molecule has 0 fully saturated rings. The minimum absolute atomic E-state index is 0.0555. The Hall–Kier alpha value is -2.06. The standard InChI is InChI=1S/C12H11ClN4O/c1-9(18)14-7-3-2-4-10-8-15-12-6-5-11(13)16-17(10)12/h5-6,8H,3,7H2,1H3,(H,14,18). The molecule has 6 heteroatoms. The van der Waals surface area contributed by atoms with Gasteiger partial charge in [-0.2, -0.15) is 5.10 Å². The number of hydrogen-bond acceptors (Lipinski definition) is 3. The minimum atomic E-state index is -0.0555. The van der Waals surface area contributed by atoms with Crippen molar-refractivity contribution in [2.45, 2.75) is 13.3 Å². The van der Waals surface area contributed by atoms with E-state index in [4.69, 9.17) is 11.6 Å².